The van der Waals surface area contributed by atoms with Crippen molar-refractivity contribution < 1.29 is 33.6 Å². The fraction of sp³-hybridized carbons (Fsp3) is 0.692. The Balaban J connectivity index is -0.000000372. The van der Waals surface area contributed by atoms with Crippen molar-refractivity contribution in [2.45, 2.75) is 176 Å². The van der Waals surface area contributed by atoms with E-state index in [1.807, 2.05) is 0 Å². The molecule has 0 spiro atoms. The molecule has 4 N–H and O–H groups in total. The minimum atomic E-state index is -0.861. The molecule has 2 radical (unpaired) electrons. The summed E-state index contributed by atoms with van der Waals surface area (Å²) < 4.78 is 0. The van der Waals surface area contributed by atoms with Crippen molar-refractivity contribution >= 4 is 63.6 Å². The summed E-state index contributed by atoms with van der Waals surface area (Å²) in [6.45, 7) is 47.5. The van der Waals surface area contributed by atoms with Crippen LogP contribution in [0.1, 0.15) is 111 Å². The Bertz CT molecular complexity index is 972. The molecule has 2 aromatic rings. The number of hydrogen-bond donors (Lipinski definition) is 4. The van der Waals surface area contributed by atoms with Gasteiger partial charge in [0.25, 0.3) is 0 Å². The Kier molecular flexibility index (Phi) is 33.7. The minimum absolute atomic E-state index is 0. The summed E-state index contributed by atoms with van der Waals surface area (Å²) in [6.07, 6.45) is 0. The van der Waals surface area contributed by atoms with Gasteiger partial charge in [-0.1, -0.05) is 31.8 Å². The smallest absolute Gasteiger partial charge is 0.160 e. The molecule has 2 aromatic heterocycles. The van der Waals surface area contributed by atoms with E-state index in [0.29, 0.717) is 45.3 Å². The summed E-state index contributed by atoms with van der Waals surface area (Å²) in [4.78, 5) is 9.62. The summed E-state index contributed by atoms with van der Waals surface area (Å²) in [5.74, 6) is 4.09. The molecule has 2 heterocycles. The van der Waals surface area contributed by atoms with Gasteiger partial charge < -0.3 is 14.0 Å². The molecule has 0 fully saturated rings. The van der Waals surface area contributed by atoms with Gasteiger partial charge in [0, 0.05) is 33.6 Å². The van der Waals surface area contributed by atoms with Crippen molar-refractivity contribution in [3.63, 3.8) is 0 Å². The number of aromatic nitrogens is 2. The van der Waals surface area contributed by atoms with E-state index in [0.717, 1.165) is 23.3 Å². The van der Waals surface area contributed by atoms with Gasteiger partial charge in [-0.3, -0.25) is 0 Å². The van der Waals surface area contributed by atoms with Crippen LogP contribution in [0, 0.1) is 14.0 Å². The molecule has 0 saturated carbocycles. The van der Waals surface area contributed by atoms with Gasteiger partial charge in [0.15, 0.2) is 23.3 Å². The van der Waals surface area contributed by atoms with E-state index in [4.69, 9.17) is 9.97 Å². The summed E-state index contributed by atoms with van der Waals surface area (Å²) in [7, 11) is -3.42. The molecule has 0 saturated heterocycles. The van der Waals surface area contributed by atoms with Crippen LogP contribution in [0.15, 0.2) is 36.4 Å². The Hall–Kier alpha value is 0.450. The fourth-order valence-corrected chi connectivity index (χ4v) is 14.9. The summed E-state index contributed by atoms with van der Waals surface area (Å²) >= 11 is 0. The zero-order chi connectivity index (χ0) is 38.2. The van der Waals surface area contributed by atoms with Crippen molar-refractivity contribution in [2.75, 3.05) is 20.3 Å². The first kappa shape index (κ1) is 59.1. The second-order valence-corrected chi connectivity index (χ2v) is 35.9. The van der Waals surface area contributed by atoms with Crippen LogP contribution >= 0.6 is 32.3 Å². The number of nitrogens with zero attached hydrogens (tertiary/aromatic N) is 2. The predicted molar refractivity (Wildman–Crippen MR) is 252 cm³/mol. The first-order valence-corrected chi connectivity index (χ1v) is 29.1. The summed E-state index contributed by atoms with van der Waals surface area (Å²) in [5, 5.41) is 14.8. The van der Waals surface area contributed by atoms with E-state index in [-0.39, 0.29) is 41.0 Å². The molecule has 0 unspecified atom stereocenters. The molecular formula is C39H84Co2N6P4Si+2. The molecule has 0 aliphatic heterocycles. The van der Waals surface area contributed by atoms with Crippen molar-refractivity contribution in [1.82, 2.24) is 9.97 Å². The van der Waals surface area contributed by atoms with Crippen LogP contribution in [-0.4, -0.2) is 63.3 Å². The Morgan fingerprint density at radius 1 is 0.423 bits per heavy atom. The van der Waals surface area contributed by atoms with Gasteiger partial charge in [-0.15, -0.1) is 8.07 Å². The molecule has 13 heteroatoms. The number of anilines is 4. The third-order valence-corrected chi connectivity index (χ3v) is 19.7. The zero-order valence-corrected chi connectivity index (χ0v) is 43.9. The maximum absolute atomic E-state index is 4.81. The monoisotopic (exact) mass is 906 g/mol. The first-order chi connectivity index (χ1) is 22.4. The van der Waals surface area contributed by atoms with E-state index < -0.39 is 40.4 Å². The second kappa shape index (κ2) is 29.7. The molecule has 0 aliphatic rings. The number of hydrogen-bond acceptors (Lipinski definition) is 6. The fourth-order valence-electron chi connectivity index (χ4n) is 5.56. The van der Waals surface area contributed by atoms with Crippen LogP contribution in [0.5, 0.6) is 0 Å². The molecule has 0 aliphatic carbocycles. The van der Waals surface area contributed by atoms with Gasteiger partial charge in [-0.05, 0) is 135 Å². The van der Waals surface area contributed by atoms with Crippen molar-refractivity contribution in [3.8, 4) is 0 Å². The predicted octanol–water partition coefficient (Wildman–Crippen LogP) is 13.7. The van der Waals surface area contributed by atoms with Gasteiger partial charge in [0.1, 0.15) is 0 Å². The van der Waals surface area contributed by atoms with Gasteiger partial charge in [-0.2, -0.15) is 0 Å². The Morgan fingerprint density at radius 2 is 0.558 bits per heavy atom. The van der Waals surface area contributed by atoms with Crippen LogP contribution in [-0.2, 0) is 33.6 Å². The maximum atomic E-state index is 4.81. The topological polar surface area (TPSA) is 73.9 Å². The molecule has 2 rings (SSSR count). The van der Waals surface area contributed by atoms with Crippen molar-refractivity contribution in [3.05, 3.63) is 50.4 Å². The van der Waals surface area contributed by atoms with Crippen LogP contribution in [0.25, 0.3) is 0 Å². The van der Waals surface area contributed by atoms with Crippen LogP contribution in [0.3, 0.4) is 0 Å². The molecule has 6 nitrogen and oxygen atoms in total. The summed E-state index contributed by atoms with van der Waals surface area (Å²) in [5.41, 5.74) is 5.51. The number of rotatable bonds is 16. The van der Waals surface area contributed by atoms with Crippen molar-refractivity contribution in [2.24, 2.45) is 0 Å². The van der Waals surface area contributed by atoms with Gasteiger partial charge in [0.2, 0.25) is 0 Å². The molecule has 52 heavy (non-hydrogen) atoms. The second-order valence-electron chi connectivity index (χ2n) is 16.9. The SMILES string of the molecule is CC(C)[PH+](Nc1cccc(N[PH+](C(C)C)C(C)C)n1)C(C)C.CC(C)[PH+](Nc1cccc(N[PH+](C(C)C)C(C)C)n1)C(C)C.[CH2-][Si](C)(C)C.[CH3-].[Co].[Co]. The van der Waals surface area contributed by atoms with E-state index in [1.54, 1.807) is 0 Å². The Morgan fingerprint density at radius 3 is 0.673 bits per heavy atom. The van der Waals surface area contributed by atoms with Crippen LogP contribution in [0.2, 0.25) is 19.6 Å². The van der Waals surface area contributed by atoms with Gasteiger partial charge >= 0.3 is 0 Å². The molecule has 0 atom stereocenters. The third kappa shape index (κ3) is 26.3. The number of pyridine rings is 2. The molecule has 0 amide bonds. The van der Waals surface area contributed by atoms with E-state index in [2.05, 4.69) is 194 Å². The van der Waals surface area contributed by atoms with Crippen LogP contribution in [0.4, 0.5) is 23.3 Å². The first-order valence-electron chi connectivity index (χ1n) is 18.8. The van der Waals surface area contributed by atoms with Gasteiger partial charge in [-0.25, -0.2) is 30.3 Å². The van der Waals surface area contributed by atoms with E-state index >= 15 is 0 Å². The normalized spacial score (nSPS) is 11.5. The standard InChI is InChI=1S/2C17H33N3P2.C4H11Si.CH3.2Co/c2*1-12(2)21(13(3)4)19-16-10-9-11-17(18-16)20-22(14(5)6)15(7)8;1-5(2,3)4;;;/h2*9-15H,1-8H3,(H2,18,19,20);1H2,2-4H3;1H3;;/q;;2*-1;;/p+4. The van der Waals surface area contributed by atoms with Gasteiger partial charge in [0.05, 0.1) is 77.6 Å². The average Bonchev–Trinajstić information content (AvgIpc) is 2.94. The van der Waals surface area contributed by atoms with E-state index in [1.165, 1.54) is 0 Å². The van der Waals surface area contributed by atoms with E-state index in [9.17, 15) is 0 Å². The third-order valence-electron chi connectivity index (χ3n) is 7.56. The molecule has 0 bridgehead atoms. The molecule has 310 valence electrons. The quantitative estimate of drug-likeness (QED) is 0.0764. The zero-order valence-electron chi connectivity index (χ0n) is 36.9. The molecular weight excluding hydrogens is 822 g/mol. The average molecular weight is 907 g/mol. The Labute approximate surface area is 351 Å². The van der Waals surface area contributed by atoms with Crippen molar-refractivity contribution in [1.29, 1.82) is 0 Å². The number of nitrogens with one attached hydrogen (secondary N) is 4. The van der Waals surface area contributed by atoms with Crippen LogP contribution < -0.4 is 20.3 Å². The summed E-state index contributed by atoms with van der Waals surface area (Å²) in [6, 6.07) is 12.6. The maximum Gasteiger partial charge on any atom is 0.160 e. The molecule has 0 aromatic carbocycles. The largest absolute Gasteiger partial charge is 0.358 e. The minimum Gasteiger partial charge on any atom is -0.358 e.